The van der Waals surface area contributed by atoms with Crippen molar-refractivity contribution in [2.75, 3.05) is 27.3 Å². The zero-order chi connectivity index (χ0) is 19.9. The number of nitrogens with one attached hydrogen (secondary N) is 2. The van der Waals surface area contributed by atoms with E-state index in [1.165, 1.54) is 11.1 Å². The van der Waals surface area contributed by atoms with E-state index >= 15 is 0 Å². The van der Waals surface area contributed by atoms with Crippen LogP contribution < -0.4 is 20.1 Å². The minimum atomic E-state index is -0.122. The van der Waals surface area contributed by atoms with Crippen molar-refractivity contribution >= 4 is 5.91 Å². The Morgan fingerprint density at radius 2 is 1.82 bits per heavy atom. The molecule has 1 amide bonds. The average molecular weight is 383 g/mol. The molecular formula is C23H30N2O3. The molecule has 2 aromatic carbocycles. The van der Waals surface area contributed by atoms with Gasteiger partial charge in [0, 0.05) is 5.92 Å². The van der Waals surface area contributed by atoms with Crippen LogP contribution in [0.1, 0.15) is 35.6 Å². The second-order valence-electron chi connectivity index (χ2n) is 7.33. The number of benzene rings is 2. The highest BCUT2D eigenvalue weighted by atomic mass is 16.5. The monoisotopic (exact) mass is 382 g/mol. The van der Waals surface area contributed by atoms with Gasteiger partial charge < -0.3 is 20.1 Å². The summed E-state index contributed by atoms with van der Waals surface area (Å²) in [5.41, 5.74) is 3.47. The van der Waals surface area contributed by atoms with E-state index in [2.05, 4.69) is 29.7 Å². The van der Waals surface area contributed by atoms with E-state index in [1.807, 2.05) is 30.3 Å². The summed E-state index contributed by atoms with van der Waals surface area (Å²) in [7, 11) is 3.26. The molecular weight excluding hydrogens is 352 g/mol. The maximum atomic E-state index is 12.9. The van der Waals surface area contributed by atoms with Crippen molar-refractivity contribution in [3.63, 3.8) is 0 Å². The Morgan fingerprint density at radius 1 is 1.11 bits per heavy atom. The van der Waals surface area contributed by atoms with E-state index in [0.29, 0.717) is 11.5 Å². The second kappa shape index (κ2) is 9.60. The van der Waals surface area contributed by atoms with Gasteiger partial charge in [0.1, 0.15) is 0 Å². The van der Waals surface area contributed by atoms with Gasteiger partial charge in [-0.05, 0) is 68.1 Å². The molecule has 0 bridgehead atoms. The number of aryl methyl sites for hydroxylation is 1. The van der Waals surface area contributed by atoms with Gasteiger partial charge in [-0.3, -0.25) is 4.79 Å². The number of ether oxygens (including phenoxy) is 2. The lowest BCUT2D eigenvalue weighted by molar-refractivity contribution is -0.126. The first-order chi connectivity index (χ1) is 13.6. The van der Waals surface area contributed by atoms with E-state index in [1.54, 1.807) is 14.2 Å². The Morgan fingerprint density at radius 3 is 2.50 bits per heavy atom. The lowest BCUT2D eigenvalue weighted by Crippen LogP contribution is -2.40. The second-order valence-corrected chi connectivity index (χ2v) is 7.33. The molecule has 2 N–H and O–H groups in total. The van der Waals surface area contributed by atoms with Crippen LogP contribution in [-0.2, 0) is 11.2 Å². The maximum absolute atomic E-state index is 12.9. The predicted molar refractivity (Wildman–Crippen MR) is 111 cm³/mol. The Balaban J connectivity index is 1.87. The van der Waals surface area contributed by atoms with Crippen LogP contribution in [0.5, 0.6) is 11.5 Å². The van der Waals surface area contributed by atoms with Crippen molar-refractivity contribution in [2.24, 2.45) is 5.92 Å². The fourth-order valence-corrected chi connectivity index (χ4v) is 3.75. The van der Waals surface area contributed by atoms with Crippen LogP contribution in [0, 0.1) is 12.8 Å². The van der Waals surface area contributed by atoms with Gasteiger partial charge in [-0.15, -0.1) is 0 Å². The third-order valence-electron chi connectivity index (χ3n) is 5.52. The molecule has 1 atom stereocenters. The fourth-order valence-electron chi connectivity index (χ4n) is 3.75. The first-order valence-electron chi connectivity index (χ1n) is 9.90. The van der Waals surface area contributed by atoms with Crippen molar-refractivity contribution in [3.8, 4) is 11.5 Å². The Labute approximate surface area is 167 Å². The van der Waals surface area contributed by atoms with Gasteiger partial charge in [0.25, 0.3) is 0 Å². The summed E-state index contributed by atoms with van der Waals surface area (Å²) in [6, 6.07) is 14.1. The molecule has 28 heavy (non-hydrogen) atoms. The summed E-state index contributed by atoms with van der Waals surface area (Å²) < 4.78 is 10.8. The lowest BCUT2D eigenvalue weighted by atomic mass is 9.93. The molecule has 0 spiro atoms. The largest absolute Gasteiger partial charge is 0.493 e. The number of hydrogen-bond acceptors (Lipinski definition) is 4. The van der Waals surface area contributed by atoms with Crippen molar-refractivity contribution in [3.05, 3.63) is 59.2 Å². The van der Waals surface area contributed by atoms with Gasteiger partial charge in [-0.2, -0.15) is 0 Å². The summed E-state index contributed by atoms with van der Waals surface area (Å²) in [4.78, 5) is 12.9. The highest BCUT2D eigenvalue weighted by Gasteiger charge is 2.25. The van der Waals surface area contributed by atoms with Crippen molar-refractivity contribution in [1.29, 1.82) is 0 Å². The first kappa shape index (κ1) is 20.2. The molecule has 5 heteroatoms. The molecule has 1 aliphatic heterocycles. The Hall–Kier alpha value is -2.53. The number of piperidine rings is 1. The summed E-state index contributed by atoms with van der Waals surface area (Å²) in [5.74, 6) is 1.56. The van der Waals surface area contributed by atoms with E-state index in [4.69, 9.17) is 9.47 Å². The van der Waals surface area contributed by atoms with E-state index in [0.717, 1.165) is 37.9 Å². The first-order valence-corrected chi connectivity index (χ1v) is 9.90. The Kier molecular flexibility index (Phi) is 6.93. The third kappa shape index (κ3) is 4.84. The average Bonchev–Trinajstić information content (AvgIpc) is 2.74. The standard InChI is InChI=1S/C23H30N2O3/c1-16-6-4-5-7-18(16)14-20(25-23(26)17-10-12-24-13-11-17)19-8-9-21(27-2)22(15-19)28-3/h4-9,15,17,20,24H,10-14H2,1-3H3,(H,25,26). The van der Waals surface area contributed by atoms with Crippen LogP contribution in [0.2, 0.25) is 0 Å². The van der Waals surface area contributed by atoms with Crippen LogP contribution in [0.25, 0.3) is 0 Å². The normalized spacial score (nSPS) is 15.7. The summed E-state index contributed by atoms with van der Waals surface area (Å²) in [5, 5.41) is 6.62. The van der Waals surface area contributed by atoms with Gasteiger partial charge in [-0.25, -0.2) is 0 Å². The SMILES string of the molecule is COc1ccc(C(Cc2ccccc2C)NC(=O)C2CCNCC2)cc1OC. The summed E-state index contributed by atoms with van der Waals surface area (Å²) >= 11 is 0. The van der Waals surface area contributed by atoms with E-state index in [-0.39, 0.29) is 17.9 Å². The van der Waals surface area contributed by atoms with Crippen molar-refractivity contribution < 1.29 is 14.3 Å². The van der Waals surface area contributed by atoms with Crippen LogP contribution in [-0.4, -0.2) is 33.2 Å². The van der Waals surface area contributed by atoms with E-state index in [9.17, 15) is 4.79 Å². The molecule has 0 radical (unpaired) electrons. The molecule has 0 aromatic heterocycles. The Bertz CT molecular complexity index is 800. The number of hydrogen-bond donors (Lipinski definition) is 2. The molecule has 3 rings (SSSR count). The lowest BCUT2D eigenvalue weighted by Gasteiger charge is -2.26. The number of rotatable bonds is 7. The maximum Gasteiger partial charge on any atom is 0.223 e. The quantitative estimate of drug-likeness (QED) is 0.770. The van der Waals surface area contributed by atoms with Gasteiger partial charge in [0.05, 0.1) is 20.3 Å². The molecule has 0 aliphatic carbocycles. The number of carbonyl (C=O) groups is 1. The van der Waals surface area contributed by atoms with Gasteiger partial charge in [0.2, 0.25) is 5.91 Å². The summed E-state index contributed by atoms with van der Waals surface area (Å²) in [6.45, 7) is 3.91. The van der Waals surface area contributed by atoms with Crippen molar-refractivity contribution in [1.82, 2.24) is 10.6 Å². The van der Waals surface area contributed by atoms with Gasteiger partial charge in [0.15, 0.2) is 11.5 Å². The van der Waals surface area contributed by atoms with E-state index < -0.39 is 0 Å². The highest BCUT2D eigenvalue weighted by molar-refractivity contribution is 5.79. The minimum absolute atomic E-state index is 0.0702. The topological polar surface area (TPSA) is 59.6 Å². The molecule has 0 saturated carbocycles. The number of methoxy groups -OCH3 is 2. The van der Waals surface area contributed by atoms with Crippen LogP contribution >= 0.6 is 0 Å². The molecule has 150 valence electrons. The molecule has 1 fully saturated rings. The highest BCUT2D eigenvalue weighted by Crippen LogP contribution is 2.31. The minimum Gasteiger partial charge on any atom is -0.493 e. The zero-order valence-corrected chi connectivity index (χ0v) is 17.0. The number of amides is 1. The molecule has 1 heterocycles. The van der Waals surface area contributed by atoms with Gasteiger partial charge >= 0.3 is 0 Å². The molecule has 1 saturated heterocycles. The molecule has 2 aromatic rings. The number of carbonyl (C=O) groups excluding carboxylic acids is 1. The van der Waals surface area contributed by atoms with Crippen LogP contribution in [0.4, 0.5) is 0 Å². The van der Waals surface area contributed by atoms with Crippen molar-refractivity contribution in [2.45, 2.75) is 32.2 Å². The third-order valence-corrected chi connectivity index (χ3v) is 5.52. The zero-order valence-electron chi connectivity index (χ0n) is 17.0. The predicted octanol–water partition coefficient (Wildman–Crippen LogP) is 3.41. The summed E-state index contributed by atoms with van der Waals surface area (Å²) in [6.07, 6.45) is 2.50. The smallest absolute Gasteiger partial charge is 0.223 e. The molecule has 1 unspecified atom stereocenters. The van der Waals surface area contributed by atoms with Gasteiger partial charge in [-0.1, -0.05) is 30.3 Å². The molecule has 5 nitrogen and oxygen atoms in total. The fraction of sp³-hybridized carbons (Fsp3) is 0.435. The van der Waals surface area contributed by atoms with Crippen LogP contribution in [0.3, 0.4) is 0 Å². The molecule has 1 aliphatic rings. The van der Waals surface area contributed by atoms with Crippen LogP contribution in [0.15, 0.2) is 42.5 Å².